The monoisotopic (exact) mass is 439 g/mol. The SMILES string of the molecule is CN(C)C1CCC2=CC3=CC[C@]4(C)C(c5ccc6cnncc6c5)=CC[C@H]4[C@@]34CC[C@]2(C1)O4. The first-order valence-corrected chi connectivity index (χ1v) is 12.6. The van der Waals surface area contributed by atoms with E-state index < -0.39 is 0 Å². The molecule has 5 aliphatic rings. The summed E-state index contributed by atoms with van der Waals surface area (Å²) in [5, 5.41) is 10.5. The molecule has 2 spiro atoms. The first-order chi connectivity index (χ1) is 15.9. The maximum Gasteiger partial charge on any atom is 0.0980 e. The molecule has 0 radical (unpaired) electrons. The van der Waals surface area contributed by atoms with Gasteiger partial charge in [0.2, 0.25) is 0 Å². The number of rotatable bonds is 2. The van der Waals surface area contributed by atoms with Crippen LogP contribution in [0.25, 0.3) is 16.3 Å². The second kappa shape index (κ2) is 6.64. The molecule has 33 heavy (non-hydrogen) atoms. The molecule has 7 rings (SSSR count). The Labute approximate surface area is 196 Å². The minimum absolute atomic E-state index is 0.0346. The van der Waals surface area contributed by atoms with Crippen LogP contribution in [0.15, 0.2) is 60.0 Å². The third-order valence-electron chi connectivity index (χ3n) is 9.83. The summed E-state index contributed by atoms with van der Waals surface area (Å²) in [4.78, 5) is 2.41. The van der Waals surface area contributed by atoms with Crippen molar-refractivity contribution >= 4 is 16.3 Å². The molecule has 2 fully saturated rings. The fourth-order valence-electron chi connectivity index (χ4n) is 8.01. The molecule has 3 heterocycles. The van der Waals surface area contributed by atoms with Gasteiger partial charge < -0.3 is 9.64 Å². The maximum absolute atomic E-state index is 7.38. The summed E-state index contributed by atoms with van der Waals surface area (Å²) in [6, 6.07) is 7.40. The van der Waals surface area contributed by atoms with Crippen molar-refractivity contribution in [1.82, 2.24) is 15.1 Å². The number of aromatic nitrogens is 2. The van der Waals surface area contributed by atoms with E-state index in [1.165, 1.54) is 41.4 Å². The van der Waals surface area contributed by atoms with Crippen molar-refractivity contribution in [3.63, 3.8) is 0 Å². The van der Waals surface area contributed by atoms with Crippen molar-refractivity contribution in [3.05, 3.63) is 65.5 Å². The summed E-state index contributed by atoms with van der Waals surface area (Å²) in [6.07, 6.45) is 19.5. The van der Waals surface area contributed by atoms with Crippen molar-refractivity contribution in [1.29, 1.82) is 0 Å². The average Bonchev–Trinajstić information content (AvgIpc) is 3.33. The van der Waals surface area contributed by atoms with Crippen LogP contribution in [-0.4, -0.2) is 46.4 Å². The fourth-order valence-corrected chi connectivity index (χ4v) is 8.01. The van der Waals surface area contributed by atoms with E-state index in [-0.39, 0.29) is 16.6 Å². The van der Waals surface area contributed by atoms with E-state index in [4.69, 9.17) is 4.74 Å². The minimum Gasteiger partial charge on any atom is -0.359 e. The van der Waals surface area contributed by atoms with Crippen LogP contribution in [0.4, 0.5) is 0 Å². The first-order valence-electron chi connectivity index (χ1n) is 12.6. The molecule has 1 unspecified atom stereocenters. The minimum atomic E-state index is -0.120. The highest BCUT2D eigenvalue weighted by atomic mass is 16.5. The van der Waals surface area contributed by atoms with Gasteiger partial charge in [0.05, 0.1) is 23.6 Å². The maximum atomic E-state index is 7.38. The largest absolute Gasteiger partial charge is 0.359 e. The molecule has 2 aromatic rings. The third kappa shape index (κ3) is 2.60. The predicted molar refractivity (Wildman–Crippen MR) is 132 cm³/mol. The molecule has 4 heteroatoms. The van der Waals surface area contributed by atoms with Crippen LogP contribution in [0.3, 0.4) is 0 Å². The summed E-state index contributed by atoms with van der Waals surface area (Å²) in [7, 11) is 4.46. The topological polar surface area (TPSA) is 38.2 Å². The molecule has 0 amide bonds. The first kappa shape index (κ1) is 20.1. The van der Waals surface area contributed by atoms with Gasteiger partial charge in [-0.15, -0.1) is 0 Å². The van der Waals surface area contributed by atoms with Crippen LogP contribution < -0.4 is 0 Å². The lowest BCUT2D eigenvalue weighted by Crippen LogP contribution is -2.54. The van der Waals surface area contributed by atoms with Gasteiger partial charge in [-0.3, -0.25) is 0 Å². The smallest absolute Gasteiger partial charge is 0.0980 e. The lowest BCUT2D eigenvalue weighted by Gasteiger charge is -2.54. The molecule has 170 valence electrons. The van der Waals surface area contributed by atoms with Crippen LogP contribution in [0, 0.1) is 11.3 Å². The molecule has 1 aromatic heterocycles. The van der Waals surface area contributed by atoms with Crippen molar-refractivity contribution in [2.45, 2.75) is 69.1 Å². The summed E-state index contributed by atoms with van der Waals surface area (Å²) < 4.78 is 7.38. The number of ether oxygens (including phenoxy) is 1. The Kier molecular flexibility index (Phi) is 4.05. The Morgan fingerprint density at radius 2 is 1.91 bits per heavy atom. The summed E-state index contributed by atoms with van der Waals surface area (Å²) in [5.41, 5.74) is 5.83. The predicted octanol–water partition coefficient (Wildman–Crippen LogP) is 5.71. The fraction of sp³-hybridized carbons (Fsp3) is 0.517. The van der Waals surface area contributed by atoms with Crippen LogP contribution in [-0.2, 0) is 4.74 Å². The van der Waals surface area contributed by atoms with E-state index in [1.807, 2.05) is 12.4 Å². The van der Waals surface area contributed by atoms with E-state index in [0.29, 0.717) is 12.0 Å². The van der Waals surface area contributed by atoms with Crippen molar-refractivity contribution in [2.75, 3.05) is 14.1 Å². The van der Waals surface area contributed by atoms with Gasteiger partial charge >= 0.3 is 0 Å². The third-order valence-corrected chi connectivity index (χ3v) is 9.83. The Balaban J connectivity index is 1.28. The zero-order valence-electron chi connectivity index (χ0n) is 20.0. The van der Waals surface area contributed by atoms with E-state index in [0.717, 1.165) is 31.1 Å². The highest BCUT2D eigenvalue weighted by Crippen LogP contribution is 2.67. The van der Waals surface area contributed by atoms with E-state index >= 15 is 0 Å². The quantitative estimate of drug-likeness (QED) is 0.601. The van der Waals surface area contributed by atoms with Gasteiger partial charge in [0.1, 0.15) is 0 Å². The summed E-state index contributed by atoms with van der Waals surface area (Å²) in [5.74, 6) is 0.503. The van der Waals surface area contributed by atoms with Crippen molar-refractivity contribution in [3.8, 4) is 0 Å². The lowest BCUT2D eigenvalue weighted by atomic mass is 9.58. The van der Waals surface area contributed by atoms with E-state index in [2.05, 4.69) is 72.5 Å². The lowest BCUT2D eigenvalue weighted by molar-refractivity contribution is -0.134. The molecule has 1 aromatic carbocycles. The van der Waals surface area contributed by atoms with Crippen molar-refractivity contribution in [2.24, 2.45) is 11.3 Å². The Hall–Kier alpha value is -2.30. The van der Waals surface area contributed by atoms with Gasteiger partial charge in [-0.25, -0.2) is 0 Å². The van der Waals surface area contributed by atoms with Gasteiger partial charge in [-0.1, -0.05) is 37.3 Å². The molecule has 2 aliphatic heterocycles. The van der Waals surface area contributed by atoms with Crippen LogP contribution >= 0.6 is 0 Å². The standard InChI is InChI=1S/C29H33N3O/c1-27-11-10-23-15-22-6-7-24(32(2)3)16-28(22)12-13-29(23,33-28)26(27)9-8-25(27)19-4-5-20-17-30-31-18-21(20)14-19/h4-5,8,10,14-15,17-18,24,26H,6-7,9,11-13,16H2,1-3H3/t24?,26-,27-,28-,29-/m1/s1. The summed E-state index contributed by atoms with van der Waals surface area (Å²) >= 11 is 0. The number of fused-ring (bicyclic) bond motifs is 2. The highest BCUT2D eigenvalue weighted by Gasteiger charge is 2.65. The number of hydrogen-bond donors (Lipinski definition) is 0. The molecule has 1 saturated heterocycles. The Bertz CT molecular complexity index is 1260. The zero-order valence-corrected chi connectivity index (χ0v) is 20.0. The van der Waals surface area contributed by atoms with Gasteiger partial charge in [0.25, 0.3) is 0 Å². The molecule has 4 nitrogen and oxygen atoms in total. The number of allylic oxidation sites excluding steroid dienone is 3. The second-order valence-corrected chi connectivity index (χ2v) is 11.5. The van der Waals surface area contributed by atoms with Gasteiger partial charge in [0.15, 0.2) is 0 Å². The molecule has 0 N–H and O–H groups in total. The number of hydrogen-bond acceptors (Lipinski definition) is 4. The number of benzene rings is 1. The van der Waals surface area contributed by atoms with Gasteiger partial charge in [0, 0.05) is 28.1 Å². The Morgan fingerprint density at radius 1 is 1.06 bits per heavy atom. The molecular formula is C29H33N3O. The van der Waals surface area contributed by atoms with Crippen LogP contribution in [0.2, 0.25) is 0 Å². The molecular weight excluding hydrogens is 406 g/mol. The van der Waals surface area contributed by atoms with Gasteiger partial charge in [-0.2, -0.15) is 10.2 Å². The number of nitrogens with zero attached hydrogens (tertiary/aromatic N) is 3. The highest BCUT2D eigenvalue weighted by molar-refractivity contribution is 5.86. The molecule has 2 bridgehead atoms. The second-order valence-electron chi connectivity index (χ2n) is 11.5. The van der Waals surface area contributed by atoms with Gasteiger partial charge in [-0.05, 0) is 87.4 Å². The molecule has 1 saturated carbocycles. The van der Waals surface area contributed by atoms with E-state index in [1.54, 1.807) is 5.57 Å². The van der Waals surface area contributed by atoms with Crippen molar-refractivity contribution < 1.29 is 4.74 Å². The normalized spacial score (nSPS) is 39.0. The summed E-state index contributed by atoms with van der Waals surface area (Å²) in [6.45, 7) is 2.49. The van der Waals surface area contributed by atoms with Crippen LogP contribution in [0.1, 0.15) is 57.4 Å². The molecule has 5 atom stereocenters. The van der Waals surface area contributed by atoms with E-state index in [9.17, 15) is 0 Å². The Morgan fingerprint density at radius 3 is 2.76 bits per heavy atom. The van der Waals surface area contributed by atoms with Crippen LogP contribution in [0.5, 0.6) is 0 Å². The zero-order chi connectivity index (χ0) is 22.4. The molecule has 3 aliphatic carbocycles. The average molecular weight is 440 g/mol.